The lowest BCUT2D eigenvalue weighted by atomic mass is 10.2. The Morgan fingerprint density at radius 3 is 2.71 bits per heavy atom. The minimum absolute atomic E-state index is 0.159. The van der Waals surface area contributed by atoms with Crippen LogP contribution in [0.15, 0.2) is 23.1 Å². The molecule has 2 unspecified atom stereocenters. The van der Waals surface area contributed by atoms with Gasteiger partial charge in [-0.1, -0.05) is 6.92 Å². The molecule has 5 nitrogen and oxygen atoms in total. The van der Waals surface area contributed by atoms with E-state index in [9.17, 15) is 9.00 Å². The first kappa shape index (κ1) is 13.5. The average Bonchev–Trinajstić information content (AvgIpc) is 2.29. The van der Waals surface area contributed by atoms with Crippen LogP contribution in [0.3, 0.4) is 0 Å². The summed E-state index contributed by atoms with van der Waals surface area (Å²) < 4.78 is 17.0. The summed E-state index contributed by atoms with van der Waals surface area (Å²) in [5, 5.41) is 0. The monoisotopic (exact) mass is 256 g/mol. The molecule has 4 N–H and O–H groups in total. The molecule has 0 radical (unpaired) electrons. The van der Waals surface area contributed by atoms with Gasteiger partial charge in [0.15, 0.2) is 0 Å². The van der Waals surface area contributed by atoms with E-state index in [1.165, 1.54) is 7.11 Å². The minimum Gasteiger partial charge on any atom is -0.497 e. The number of nitrogen functional groups attached to an aromatic ring is 1. The number of amides is 1. The molecule has 0 aliphatic rings. The van der Waals surface area contributed by atoms with Gasteiger partial charge in [0.25, 0.3) is 0 Å². The van der Waals surface area contributed by atoms with Crippen molar-refractivity contribution in [2.75, 3.05) is 18.6 Å². The van der Waals surface area contributed by atoms with Gasteiger partial charge in [0.2, 0.25) is 5.91 Å². The highest BCUT2D eigenvalue weighted by atomic mass is 32.2. The number of primary amides is 1. The molecule has 0 fully saturated rings. The standard InChI is InChI=1S/C11H16N2O3S/c1-7(11(13)14)6-17(15)10-5-8(16-2)3-4-9(10)12/h3-5,7H,6,12H2,1-2H3,(H2,13,14). The van der Waals surface area contributed by atoms with Crippen LogP contribution in [-0.2, 0) is 15.6 Å². The lowest BCUT2D eigenvalue weighted by molar-refractivity contribution is -0.120. The van der Waals surface area contributed by atoms with Crippen LogP contribution in [0.4, 0.5) is 5.69 Å². The molecule has 6 heteroatoms. The van der Waals surface area contributed by atoms with Gasteiger partial charge in [0.05, 0.1) is 22.8 Å². The maximum atomic E-state index is 12.0. The Morgan fingerprint density at radius 2 is 2.18 bits per heavy atom. The zero-order valence-electron chi connectivity index (χ0n) is 9.80. The van der Waals surface area contributed by atoms with Crippen LogP contribution in [0.25, 0.3) is 0 Å². The Hall–Kier alpha value is -1.56. The number of hydrogen-bond donors (Lipinski definition) is 2. The largest absolute Gasteiger partial charge is 0.497 e. The summed E-state index contributed by atoms with van der Waals surface area (Å²) in [6.07, 6.45) is 0. The zero-order chi connectivity index (χ0) is 13.0. The van der Waals surface area contributed by atoms with Gasteiger partial charge in [-0.05, 0) is 18.2 Å². The molecule has 0 saturated carbocycles. The molecule has 1 aromatic rings. The summed E-state index contributed by atoms with van der Waals surface area (Å²) in [6.45, 7) is 1.64. The highest BCUT2D eigenvalue weighted by Crippen LogP contribution is 2.23. The predicted molar refractivity (Wildman–Crippen MR) is 67.0 cm³/mol. The van der Waals surface area contributed by atoms with Crippen molar-refractivity contribution >= 4 is 22.4 Å². The fourth-order valence-electron chi connectivity index (χ4n) is 1.24. The topological polar surface area (TPSA) is 95.4 Å². The smallest absolute Gasteiger partial charge is 0.221 e. The number of anilines is 1. The summed E-state index contributed by atoms with van der Waals surface area (Å²) in [6, 6.07) is 4.92. The number of rotatable bonds is 5. The molecule has 0 saturated heterocycles. The Balaban J connectivity index is 2.91. The molecule has 2 atom stereocenters. The van der Waals surface area contributed by atoms with Crippen molar-refractivity contribution in [3.63, 3.8) is 0 Å². The van der Waals surface area contributed by atoms with Crippen LogP contribution in [0.2, 0.25) is 0 Å². The zero-order valence-corrected chi connectivity index (χ0v) is 10.6. The second-order valence-electron chi connectivity index (χ2n) is 3.72. The highest BCUT2D eigenvalue weighted by molar-refractivity contribution is 7.85. The van der Waals surface area contributed by atoms with E-state index in [1.54, 1.807) is 25.1 Å². The van der Waals surface area contributed by atoms with Crippen LogP contribution >= 0.6 is 0 Å². The first-order chi connectivity index (χ1) is 7.95. The molecule has 0 aromatic heterocycles. The number of ether oxygens (including phenoxy) is 1. The van der Waals surface area contributed by atoms with Gasteiger partial charge >= 0.3 is 0 Å². The van der Waals surface area contributed by atoms with Gasteiger partial charge in [-0.2, -0.15) is 0 Å². The highest BCUT2D eigenvalue weighted by Gasteiger charge is 2.16. The van der Waals surface area contributed by atoms with E-state index in [4.69, 9.17) is 16.2 Å². The van der Waals surface area contributed by atoms with E-state index in [2.05, 4.69) is 0 Å². The summed E-state index contributed by atoms with van der Waals surface area (Å²) in [5.41, 5.74) is 11.3. The van der Waals surface area contributed by atoms with Crippen molar-refractivity contribution in [1.29, 1.82) is 0 Å². The molecular weight excluding hydrogens is 240 g/mol. The lowest BCUT2D eigenvalue weighted by Gasteiger charge is -2.10. The molecule has 0 bridgehead atoms. The lowest BCUT2D eigenvalue weighted by Crippen LogP contribution is -2.25. The number of carbonyl (C=O) groups excluding carboxylic acids is 1. The average molecular weight is 256 g/mol. The summed E-state index contributed by atoms with van der Waals surface area (Å²) >= 11 is 0. The van der Waals surface area contributed by atoms with Crippen LogP contribution in [-0.4, -0.2) is 23.0 Å². The van der Waals surface area contributed by atoms with Gasteiger partial charge in [-0.3, -0.25) is 9.00 Å². The SMILES string of the molecule is COc1ccc(N)c(S(=O)CC(C)C(N)=O)c1. The maximum absolute atomic E-state index is 12.0. The number of hydrogen-bond acceptors (Lipinski definition) is 4. The maximum Gasteiger partial charge on any atom is 0.221 e. The van der Waals surface area contributed by atoms with Crippen LogP contribution < -0.4 is 16.2 Å². The third-order valence-corrected chi connectivity index (χ3v) is 4.00. The number of carbonyl (C=O) groups is 1. The number of methoxy groups -OCH3 is 1. The fraction of sp³-hybridized carbons (Fsp3) is 0.364. The van der Waals surface area contributed by atoms with Gasteiger partial charge in [-0.15, -0.1) is 0 Å². The van der Waals surface area contributed by atoms with Crippen LogP contribution in [0.5, 0.6) is 5.75 Å². The molecular formula is C11H16N2O3S. The summed E-state index contributed by atoms with van der Waals surface area (Å²) in [7, 11) is 0.155. The Morgan fingerprint density at radius 1 is 1.53 bits per heavy atom. The Labute approximate surface area is 103 Å². The molecule has 17 heavy (non-hydrogen) atoms. The number of benzene rings is 1. The minimum atomic E-state index is -1.36. The molecule has 1 amide bonds. The third kappa shape index (κ3) is 3.45. The second-order valence-corrected chi connectivity index (χ2v) is 5.18. The van der Waals surface area contributed by atoms with Gasteiger partial charge in [0.1, 0.15) is 5.75 Å². The third-order valence-electron chi connectivity index (χ3n) is 2.35. The van der Waals surface area contributed by atoms with E-state index >= 15 is 0 Å². The van der Waals surface area contributed by atoms with E-state index in [1.807, 2.05) is 0 Å². The van der Waals surface area contributed by atoms with E-state index < -0.39 is 22.6 Å². The van der Waals surface area contributed by atoms with Crippen molar-refractivity contribution in [2.24, 2.45) is 11.7 Å². The van der Waals surface area contributed by atoms with Crippen LogP contribution in [0.1, 0.15) is 6.92 Å². The Kier molecular flexibility index (Phi) is 4.51. The second kappa shape index (κ2) is 5.67. The first-order valence-electron chi connectivity index (χ1n) is 5.07. The van der Waals surface area contributed by atoms with E-state index in [0.717, 1.165) is 0 Å². The normalized spacial score (nSPS) is 14.0. The molecule has 0 aliphatic carbocycles. The Bertz CT molecular complexity index is 448. The van der Waals surface area contributed by atoms with E-state index in [-0.39, 0.29) is 5.75 Å². The van der Waals surface area contributed by atoms with Crippen molar-refractivity contribution < 1.29 is 13.7 Å². The molecule has 94 valence electrons. The molecule has 1 aromatic carbocycles. The fourth-order valence-corrected chi connectivity index (χ4v) is 2.61. The van der Waals surface area contributed by atoms with Crippen molar-refractivity contribution in [2.45, 2.75) is 11.8 Å². The van der Waals surface area contributed by atoms with Crippen molar-refractivity contribution in [3.8, 4) is 5.75 Å². The quantitative estimate of drug-likeness (QED) is 0.750. The summed E-state index contributed by atoms with van der Waals surface area (Å²) in [5.74, 6) is -0.192. The molecule has 0 spiro atoms. The van der Waals surface area contributed by atoms with Gasteiger partial charge < -0.3 is 16.2 Å². The predicted octanol–water partition coefficient (Wildman–Crippen LogP) is 0.506. The molecule has 1 rings (SSSR count). The molecule has 0 heterocycles. The van der Waals surface area contributed by atoms with E-state index in [0.29, 0.717) is 16.3 Å². The van der Waals surface area contributed by atoms with Crippen molar-refractivity contribution in [3.05, 3.63) is 18.2 Å². The van der Waals surface area contributed by atoms with Gasteiger partial charge in [0, 0.05) is 17.4 Å². The van der Waals surface area contributed by atoms with Gasteiger partial charge in [-0.25, -0.2) is 0 Å². The molecule has 0 aliphatic heterocycles. The summed E-state index contributed by atoms with van der Waals surface area (Å²) in [4.78, 5) is 11.4. The van der Waals surface area contributed by atoms with Crippen molar-refractivity contribution in [1.82, 2.24) is 0 Å². The number of nitrogens with two attached hydrogens (primary N) is 2. The first-order valence-corrected chi connectivity index (χ1v) is 6.38. The van der Waals surface area contributed by atoms with Crippen LogP contribution in [0, 0.1) is 5.92 Å².